The number of para-hydroxylation sites is 1. The number of likely N-dealkylation sites (tertiary alicyclic amines) is 1. The zero-order valence-corrected chi connectivity index (χ0v) is 15.4. The van der Waals surface area contributed by atoms with Gasteiger partial charge in [-0.3, -0.25) is 9.59 Å². The lowest BCUT2D eigenvalue weighted by molar-refractivity contribution is -0.131. The van der Waals surface area contributed by atoms with Gasteiger partial charge in [0.1, 0.15) is 0 Å². The number of carbonyl (C=O) groups excluding carboxylic acids is 2. The summed E-state index contributed by atoms with van der Waals surface area (Å²) in [5.74, 6) is -0.292. The van der Waals surface area contributed by atoms with E-state index in [0.717, 1.165) is 36.5 Å². The first kappa shape index (κ1) is 17.3. The van der Waals surface area contributed by atoms with Gasteiger partial charge in [0.15, 0.2) is 4.75 Å². The Morgan fingerprint density at radius 2 is 2.00 bits per heavy atom. The van der Waals surface area contributed by atoms with E-state index < -0.39 is 4.75 Å². The Kier molecular flexibility index (Phi) is 4.88. The standard InChI is InChI=1S/C18H25N3O2S/c1-4-21-14-7-5-6-8-15(14)24-18(2,17(21)23)16(22)19-13-9-11-20(3)12-10-13/h5-8,13H,4,9-12H2,1-3H3,(H,19,22). The summed E-state index contributed by atoms with van der Waals surface area (Å²) in [6, 6.07) is 7.96. The van der Waals surface area contributed by atoms with Crippen LogP contribution in [0, 0.1) is 0 Å². The average Bonchev–Trinajstić information content (AvgIpc) is 2.58. The van der Waals surface area contributed by atoms with Crippen molar-refractivity contribution in [2.24, 2.45) is 0 Å². The predicted octanol–water partition coefficient (Wildman–Crippen LogP) is 2.11. The molecule has 5 nitrogen and oxygen atoms in total. The van der Waals surface area contributed by atoms with E-state index >= 15 is 0 Å². The van der Waals surface area contributed by atoms with Crippen molar-refractivity contribution in [2.75, 3.05) is 31.6 Å². The summed E-state index contributed by atoms with van der Waals surface area (Å²) in [7, 11) is 2.09. The topological polar surface area (TPSA) is 52.7 Å². The van der Waals surface area contributed by atoms with Gasteiger partial charge in [0.2, 0.25) is 5.91 Å². The molecule has 0 aliphatic carbocycles. The summed E-state index contributed by atoms with van der Waals surface area (Å²) >= 11 is 1.37. The van der Waals surface area contributed by atoms with E-state index in [2.05, 4.69) is 17.3 Å². The third kappa shape index (κ3) is 3.05. The molecule has 0 aromatic heterocycles. The van der Waals surface area contributed by atoms with Gasteiger partial charge in [0, 0.05) is 17.5 Å². The van der Waals surface area contributed by atoms with Crippen LogP contribution in [0.3, 0.4) is 0 Å². The maximum Gasteiger partial charge on any atom is 0.252 e. The number of piperidine rings is 1. The van der Waals surface area contributed by atoms with Crippen LogP contribution in [0.4, 0.5) is 5.69 Å². The molecule has 0 radical (unpaired) electrons. The van der Waals surface area contributed by atoms with E-state index in [9.17, 15) is 9.59 Å². The summed E-state index contributed by atoms with van der Waals surface area (Å²) in [6.45, 7) is 6.22. The number of hydrogen-bond donors (Lipinski definition) is 1. The Balaban J connectivity index is 1.81. The number of hydrogen-bond acceptors (Lipinski definition) is 4. The number of rotatable bonds is 3. The number of thioether (sulfide) groups is 1. The molecular weight excluding hydrogens is 322 g/mol. The molecule has 0 bridgehead atoms. The maximum atomic E-state index is 13.0. The third-order valence-corrected chi connectivity index (χ3v) is 6.26. The first-order valence-corrected chi connectivity index (χ1v) is 9.37. The van der Waals surface area contributed by atoms with Crippen LogP contribution >= 0.6 is 11.8 Å². The fourth-order valence-corrected chi connectivity index (χ4v) is 4.55. The van der Waals surface area contributed by atoms with Crippen molar-refractivity contribution in [1.29, 1.82) is 0 Å². The number of anilines is 1. The van der Waals surface area contributed by atoms with Crippen molar-refractivity contribution < 1.29 is 9.59 Å². The van der Waals surface area contributed by atoms with Crippen LogP contribution in [0.2, 0.25) is 0 Å². The Morgan fingerprint density at radius 1 is 1.33 bits per heavy atom. The SMILES string of the molecule is CCN1C(=O)C(C)(C(=O)NC2CCN(C)CC2)Sc2ccccc21. The lowest BCUT2D eigenvalue weighted by Gasteiger charge is -2.39. The second-order valence-corrected chi connectivity index (χ2v) is 8.16. The molecule has 2 heterocycles. The Bertz CT molecular complexity index is 643. The highest BCUT2D eigenvalue weighted by atomic mass is 32.2. The molecule has 1 saturated heterocycles. The molecule has 3 rings (SSSR count). The molecule has 0 spiro atoms. The third-order valence-electron chi connectivity index (χ3n) is 4.93. The summed E-state index contributed by atoms with van der Waals surface area (Å²) < 4.78 is -1.10. The number of fused-ring (bicyclic) bond motifs is 1. The van der Waals surface area contributed by atoms with Gasteiger partial charge in [-0.05, 0) is 59.0 Å². The lowest BCUT2D eigenvalue weighted by Crippen LogP contribution is -2.58. The second-order valence-electron chi connectivity index (χ2n) is 6.70. The van der Waals surface area contributed by atoms with Gasteiger partial charge in [0.05, 0.1) is 5.69 Å². The normalized spacial score (nSPS) is 25.5. The van der Waals surface area contributed by atoms with Gasteiger partial charge in [-0.25, -0.2) is 0 Å². The molecule has 1 N–H and O–H groups in total. The van der Waals surface area contributed by atoms with E-state index in [0.29, 0.717) is 6.54 Å². The summed E-state index contributed by atoms with van der Waals surface area (Å²) in [5.41, 5.74) is 0.902. The van der Waals surface area contributed by atoms with E-state index in [1.54, 1.807) is 11.8 Å². The summed E-state index contributed by atoms with van der Waals surface area (Å²) in [4.78, 5) is 30.9. The average molecular weight is 347 g/mol. The molecule has 6 heteroatoms. The molecule has 1 aromatic rings. The van der Waals surface area contributed by atoms with Gasteiger partial charge < -0.3 is 15.1 Å². The van der Waals surface area contributed by atoms with Gasteiger partial charge in [-0.15, -0.1) is 0 Å². The summed E-state index contributed by atoms with van der Waals surface area (Å²) in [5, 5.41) is 3.12. The number of benzene rings is 1. The molecule has 0 saturated carbocycles. The van der Waals surface area contributed by atoms with Gasteiger partial charge in [-0.1, -0.05) is 23.9 Å². The van der Waals surface area contributed by atoms with E-state index in [4.69, 9.17) is 0 Å². The van der Waals surface area contributed by atoms with E-state index in [1.807, 2.05) is 31.2 Å². The zero-order chi connectivity index (χ0) is 17.3. The number of nitrogens with one attached hydrogen (secondary N) is 1. The van der Waals surface area contributed by atoms with Crippen molar-refractivity contribution in [3.63, 3.8) is 0 Å². The van der Waals surface area contributed by atoms with Crippen molar-refractivity contribution in [3.05, 3.63) is 24.3 Å². The molecule has 24 heavy (non-hydrogen) atoms. The molecule has 2 amide bonds. The smallest absolute Gasteiger partial charge is 0.252 e. The van der Waals surface area contributed by atoms with Crippen molar-refractivity contribution >= 4 is 29.3 Å². The van der Waals surface area contributed by atoms with E-state index in [-0.39, 0.29) is 17.9 Å². The minimum absolute atomic E-state index is 0.126. The molecule has 2 aliphatic heterocycles. The van der Waals surface area contributed by atoms with Crippen LogP contribution < -0.4 is 10.2 Å². The van der Waals surface area contributed by atoms with Crippen molar-refractivity contribution in [3.8, 4) is 0 Å². The van der Waals surface area contributed by atoms with Crippen LogP contribution in [-0.4, -0.2) is 54.2 Å². The largest absolute Gasteiger partial charge is 0.352 e. The monoisotopic (exact) mass is 347 g/mol. The predicted molar refractivity (Wildman–Crippen MR) is 97.4 cm³/mol. The molecule has 2 aliphatic rings. The first-order valence-electron chi connectivity index (χ1n) is 8.55. The van der Waals surface area contributed by atoms with Gasteiger partial charge in [-0.2, -0.15) is 0 Å². The Morgan fingerprint density at radius 3 is 2.67 bits per heavy atom. The van der Waals surface area contributed by atoms with Crippen molar-refractivity contribution in [2.45, 2.75) is 42.4 Å². The quantitative estimate of drug-likeness (QED) is 0.851. The molecule has 1 aromatic carbocycles. The number of carbonyl (C=O) groups is 2. The van der Waals surface area contributed by atoms with Gasteiger partial charge >= 0.3 is 0 Å². The van der Waals surface area contributed by atoms with Crippen LogP contribution in [-0.2, 0) is 9.59 Å². The first-order chi connectivity index (χ1) is 11.5. The lowest BCUT2D eigenvalue weighted by atomic mass is 10.0. The summed E-state index contributed by atoms with van der Waals surface area (Å²) in [6.07, 6.45) is 1.87. The molecule has 130 valence electrons. The van der Waals surface area contributed by atoms with Crippen LogP contribution in [0.1, 0.15) is 26.7 Å². The highest BCUT2D eigenvalue weighted by molar-refractivity contribution is 8.02. The maximum absolute atomic E-state index is 13.0. The van der Waals surface area contributed by atoms with Gasteiger partial charge in [0.25, 0.3) is 5.91 Å². The highest BCUT2D eigenvalue weighted by Gasteiger charge is 2.49. The highest BCUT2D eigenvalue weighted by Crippen LogP contribution is 2.45. The molecule has 1 fully saturated rings. The fourth-order valence-electron chi connectivity index (χ4n) is 3.33. The number of amides is 2. The zero-order valence-electron chi connectivity index (χ0n) is 14.5. The Labute approximate surface area is 147 Å². The minimum atomic E-state index is -1.10. The fraction of sp³-hybridized carbons (Fsp3) is 0.556. The molecular formula is C18H25N3O2S. The van der Waals surface area contributed by atoms with Crippen LogP contribution in [0.5, 0.6) is 0 Å². The Hall–Kier alpha value is -1.53. The van der Waals surface area contributed by atoms with E-state index in [1.165, 1.54) is 11.8 Å². The minimum Gasteiger partial charge on any atom is -0.352 e. The second kappa shape index (κ2) is 6.76. The van der Waals surface area contributed by atoms with Crippen LogP contribution in [0.15, 0.2) is 29.2 Å². The molecule has 1 unspecified atom stereocenters. The van der Waals surface area contributed by atoms with Crippen molar-refractivity contribution in [1.82, 2.24) is 10.2 Å². The van der Waals surface area contributed by atoms with Crippen LogP contribution in [0.25, 0.3) is 0 Å². The molecule has 1 atom stereocenters. The number of nitrogens with zero attached hydrogens (tertiary/aromatic N) is 2.